The van der Waals surface area contributed by atoms with Crippen LogP contribution in [-0.4, -0.2) is 8.07 Å². The Balaban J connectivity index is 0.00000106. The van der Waals surface area contributed by atoms with Gasteiger partial charge in [-0.15, -0.1) is 56.9 Å². The number of aryl methyl sites for hydroxylation is 2. The molecule has 0 amide bonds. The Labute approximate surface area is 299 Å². The van der Waals surface area contributed by atoms with Crippen LogP contribution < -0.4 is 10.4 Å². The Morgan fingerprint density at radius 1 is 0.565 bits per heavy atom. The van der Waals surface area contributed by atoms with Crippen LogP contribution in [-0.2, 0) is 31.4 Å². The molecule has 0 fully saturated rings. The van der Waals surface area contributed by atoms with Crippen LogP contribution in [0.1, 0.15) is 166 Å². The van der Waals surface area contributed by atoms with Gasteiger partial charge in [-0.2, -0.15) is 23.2 Å². The van der Waals surface area contributed by atoms with Crippen LogP contribution in [0.4, 0.5) is 0 Å². The fourth-order valence-electron chi connectivity index (χ4n) is 6.76. The molecule has 0 bridgehead atoms. The molecule has 0 saturated carbocycles. The number of benzene rings is 2. The smallest absolute Gasteiger partial charge is 0.343 e. The molecule has 0 spiro atoms. The van der Waals surface area contributed by atoms with Crippen molar-refractivity contribution in [3.63, 3.8) is 0 Å². The topological polar surface area (TPSA) is 0 Å². The van der Waals surface area contributed by atoms with Crippen LogP contribution in [0.5, 0.6) is 0 Å². The second-order valence-corrected chi connectivity index (χ2v) is 19.1. The maximum atomic E-state index is 3.60. The first-order valence-electron chi connectivity index (χ1n) is 18.3. The minimum atomic E-state index is -2.05. The summed E-state index contributed by atoms with van der Waals surface area (Å²) in [6.07, 6.45) is 6.76. The minimum absolute atomic E-state index is 0. The van der Waals surface area contributed by atoms with Gasteiger partial charge in [0.15, 0.2) is 0 Å². The molecule has 4 aromatic carbocycles. The van der Waals surface area contributed by atoms with Crippen molar-refractivity contribution in [2.24, 2.45) is 0 Å². The Morgan fingerprint density at radius 3 is 1.09 bits per heavy atom. The quantitative estimate of drug-likeness (QED) is 0.116. The second-order valence-electron chi connectivity index (χ2n) is 14.9. The van der Waals surface area contributed by atoms with Gasteiger partial charge in [-0.05, 0) is 36.5 Å². The van der Waals surface area contributed by atoms with E-state index >= 15 is 0 Å². The number of rotatable bonds is 10. The van der Waals surface area contributed by atoms with Gasteiger partial charge < -0.3 is 13.8 Å². The van der Waals surface area contributed by atoms with Gasteiger partial charge in [-0.3, -0.25) is 0 Å². The fraction of sp³-hybridized carbons (Fsp3) is 0.545. The Hall–Kier alpha value is -1.54. The van der Waals surface area contributed by atoms with Gasteiger partial charge in [-0.1, -0.05) is 143 Å². The summed E-state index contributed by atoms with van der Waals surface area (Å²) < 4.78 is 0. The predicted octanol–water partition coefficient (Wildman–Crippen LogP) is 13.1. The van der Waals surface area contributed by atoms with Gasteiger partial charge in [0.05, 0.1) is 0 Å². The largest absolute Gasteiger partial charge is 4.00 e. The number of hydrogen-bond donors (Lipinski definition) is 0. The Morgan fingerprint density at radius 2 is 0.870 bits per heavy atom. The molecular formula is C44H68SiV. The zero-order valence-electron chi connectivity index (χ0n) is 32.4. The van der Waals surface area contributed by atoms with Crippen LogP contribution in [0.15, 0.2) is 36.4 Å². The van der Waals surface area contributed by atoms with Gasteiger partial charge in [0.2, 0.25) is 0 Å². The van der Waals surface area contributed by atoms with E-state index in [1.54, 1.807) is 43.4 Å². The summed E-state index contributed by atoms with van der Waals surface area (Å²) in [6, 6.07) is 15.2. The summed E-state index contributed by atoms with van der Waals surface area (Å²) in [5, 5.41) is 9.51. The van der Waals surface area contributed by atoms with Crippen molar-refractivity contribution < 1.29 is 18.6 Å². The van der Waals surface area contributed by atoms with E-state index in [1.165, 1.54) is 34.7 Å². The molecule has 253 valence electrons. The van der Waals surface area contributed by atoms with Gasteiger partial charge in [0.25, 0.3) is 0 Å². The van der Waals surface area contributed by atoms with E-state index in [4.69, 9.17) is 0 Å². The van der Waals surface area contributed by atoms with Gasteiger partial charge in [-0.25, -0.2) is 0 Å². The predicted molar refractivity (Wildman–Crippen MR) is 211 cm³/mol. The number of hydrogen-bond acceptors (Lipinski definition) is 0. The van der Waals surface area contributed by atoms with Crippen LogP contribution >= 0.6 is 0 Å². The molecule has 4 rings (SSSR count). The maximum Gasteiger partial charge on any atom is 4.00 e. The molecule has 0 heterocycles. The van der Waals surface area contributed by atoms with Gasteiger partial charge in [0.1, 0.15) is 0 Å². The molecule has 0 nitrogen and oxygen atoms in total. The second kappa shape index (κ2) is 18.9. The van der Waals surface area contributed by atoms with E-state index in [1.807, 2.05) is 0 Å². The standard InChI is InChI=1S/C36H50Si.2C4H9.V/c1-13-25-15-29-17-27(21(3)4)19-31(23(7)8)33(29)35(25)37(11,12)36-26(14-2)16-30-18-28(22(5)6)20-32(24(9)10)34(30)36;2*1-3-4-2;/h15-24H,13-14H2,1-12H3;2*1,3-4H2,2H3;/q-2;2*-1;+4. The molecule has 0 aliphatic rings. The summed E-state index contributed by atoms with van der Waals surface area (Å²) in [6.45, 7) is 40.3. The first kappa shape index (κ1) is 42.5. The van der Waals surface area contributed by atoms with E-state index < -0.39 is 8.07 Å². The molecule has 0 aromatic heterocycles. The molecule has 0 unspecified atom stereocenters. The minimum Gasteiger partial charge on any atom is -0.343 e. The fourth-order valence-corrected chi connectivity index (χ4v) is 10.9. The van der Waals surface area contributed by atoms with Crippen molar-refractivity contribution in [1.82, 2.24) is 0 Å². The van der Waals surface area contributed by atoms with E-state index in [-0.39, 0.29) is 18.6 Å². The number of unbranched alkanes of at least 4 members (excludes halogenated alkanes) is 2. The molecule has 0 aliphatic heterocycles. The van der Waals surface area contributed by atoms with E-state index in [0.29, 0.717) is 23.7 Å². The van der Waals surface area contributed by atoms with Gasteiger partial charge in [0, 0.05) is 8.07 Å². The monoisotopic (exact) mass is 675 g/mol. The van der Waals surface area contributed by atoms with Crippen LogP contribution in [0.25, 0.3) is 21.5 Å². The molecule has 0 aliphatic carbocycles. The molecule has 4 aromatic rings. The normalized spacial score (nSPS) is 11.7. The molecular weight excluding hydrogens is 608 g/mol. The van der Waals surface area contributed by atoms with Crippen molar-refractivity contribution in [3.05, 3.63) is 83.6 Å². The van der Waals surface area contributed by atoms with Crippen LogP contribution in [0.2, 0.25) is 13.1 Å². The number of fused-ring (bicyclic) bond motifs is 2. The molecule has 2 heteroatoms. The third-order valence-electron chi connectivity index (χ3n) is 9.54. The maximum absolute atomic E-state index is 3.60. The van der Waals surface area contributed by atoms with E-state index in [2.05, 4.69) is 146 Å². The van der Waals surface area contributed by atoms with Crippen LogP contribution in [0, 0.1) is 13.8 Å². The summed E-state index contributed by atoms with van der Waals surface area (Å²) in [5.74, 6) is 2.12. The summed E-state index contributed by atoms with van der Waals surface area (Å²) >= 11 is 0. The summed E-state index contributed by atoms with van der Waals surface area (Å²) in [7, 11) is -2.05. The Bertz CT molecular complexity index is 1370. The molecule has 0 saturated heterocycles. The van der Waals surface area contributed by atoms with Crippen molar-refractivity contribution in [3.8, 4) is 0 Å². The van der Waals surface area contributed by atoms with Crippen molar-refractivity contribution in [2.75, 3.05) is 0 Å². The molecule has 0 N–H and O–H groups in total. The summed E-state index contributed by atoms with van der Waals surface area (Å²) in [5.41, 5.74) is 9.22. The van der Waals surface area contributed by atoms with Crippen molar-refractivity contribution >= 4 is 40.0 Å². The zero-order chi connectivity index (χ0) is 34.2. The summed E-state index contributed by atoms with van der Waals surface area (Å²) in [4.78, 5) is 0. The zero-order valence-corrected chi connectivity index (χ0v) is 34.8. The molecule has 46 heavy (non-hydrogen) atoms. The third-order valence-corrected chi connectivity index (χ3v) is 13.2. The van der Waals surface area contributed by atoms with E-state index in [9.17, 15) is 0 Å². The van der Waals surface area contributed by atoms with E-state index in [0.717, 1.165) is 25.7 Å². The average molecular weight is 676 g/mol. The first-order chi connectivity index (χ1) is 21.2. The molecule has 1 radical (unpaired) electrons. The van der Waals surface area contributed by atoms with Gasteiger partial charge >= 0.3 is 18.6 Å². The molecule has 0 atom stereocenters. The third kappa shape index (κ3) is 9.33. The Kier molecular flexibility index (Phi) is 17.4. The SMILES string of the molecule is CCc1[cH-]c2cc(C(C)C)cc(C(C)C)c2c1[Si](C)(C)c1c(CC)[cH-]c2cc(C(C)C)cc(C(C)C)c12.[CH2-]CCC.[CH2-]CCC.[V+4]. The van der Waals surface area contributed by atoms with Crippen molar-refractivity contribution in [1.29, 1.82) is 0 Å². The first-order valence-corrected chi connectivity index (χ1v) is 21.3. The van der Waals surface area contributed by atoms with Crippen molar-refractivity contribution in [2.45, 2.75) is 158 Å². The van der Waals surface area contributed by atoms with Crippen LogP contribution in [0.3, 0.4) is 0 Å². The average Bonchev–Trinajstić information content (AvgIpc) is 3.59.